The van der Waals surface area contributed by atoms with Crippen molar-refractivity contribution in [1.29, 1.82) is 0 Å². The average Bonchev–Trinajstić information content (AvgIpc) is 3.09. The van der Waals surface area contributed by atoms with E-state index in [0.717, 1.165) is 16.6 Å². The van der Waals surface area contributed by atoms with Crippen LogP contribution in [0, 0.1) is 0 Å². The Kier molecular flexibility index (Phi) is 6.42. The van der Waals surface area contributed by atoms with E-state index in [-0.39, 0.29) is 24.4 Å². The fourth-order valence-corrected chi connectivity index (χ4v) is 3.09. The Morgan fingerprint density at radius 1 is 1.07 bits per heavy atom. The molecule has 1 heterocycles. The van der Waals surface area contributed by atoms with Gasteiger partial charge in [-0.25, -0.2) is 4.98 Å². The third kappa shape index (κ3) is 5.19. The van der Waals surface area contributed by atoms with Crippen molar-refractivity contribution in [2.24, 2.45) is 0 Å². The maximum Gasteiger partial charge on any atom is 0.308 e. The Hall–Kier alpha value is -3.15. The summed E-state index contributed by atoms with van der Waals surface area (Å²) in [5, 5.41) is 2.97. The second-order valence-electron chi connectivity index (χ2n) is 6.95. The van der Waals surface area contributed by atoms with Crippen LogP contribution in [0.15, 0.2) is 60.9 Å². The number of benzene rings is 2. The molecule has 0 aliphatic heterocycles. The Balaban J connectivity index is 1.64. The summed E-state index contributed by atoms with van der Waals surface area (Å²) in [4.78, 5) is 29.0. The second kappa shape index (κ2) is 9.17. The summed E-state index contributed by atoms with van der Waals surface area (Å²) in [6.07, 6.45) is 1.95. The molecular formula is C22H25N3O3. The molecule has 6 nitrogen and oxygen atoms in total. The van der Waals surface area contributed by atoms with Gasteiger partial charge in [-0.1, -0.05) is 42.5 Å². The zero-order valence-electron chi connectivity index (χ0n) is 16.2. The lowest BCUT2D eigenvalue weighted by atomic mass is 10.0. The summed E-state index contributed by atoms with van der Waals surface area (Å²) in [5.41, 5.74) is 2.78. The van der Waals surface area contributed by atoms with Gasteiger partial charge >= 0.3 is 5.97 Å². The van der Waals surface area contributed by atoms with Crippen LogP contribution in [0.3, 0.4) is 0 Å². The van der Waals surface area contributed by atoms with E-state index in [1.807, 2.05) is 73.0 Å². The molecule has 0 spiro atoms. The molecule has 1 atom stereocenters. The first kappa shape index (κ1) is 19.6. The first-order valence-electron chi connectivity index (χ1n) is 9.46. The highest BCUT2D eigenvalue weighted by molar-refractivity contribution is 5.79. The van der Waals surface area contributed by atoms with Crippen LogP contribution in [0.25, 0.3) is 11.0 Å². The van der Waals surface area contributed by atoms with E-state index in [9.17, 15) is 9.59 Å². The number of nitrogens with one attached hydrogen (secondary N) is 1. The van der Waals surface area contributed by atoms with Gasteiger partial charge in [0.2, 0.25) is 5.91 Å². The van der Waals surface area contributed by atoms with Crippen molar-refractivity contribution in [2.45, 2.75) is 45.4 Å². The fraction of sp³-hybridized carbons (Fsp3) is 0.318. The lowest BCUT2D eigenvalue weighted by molar-refractivity contribution is -0.148. The predicted octanol–water partition coefficient (Wildman–Crippen LogP) is 3.63. The first-order valence-corrected chi connectivity index (χ1v) is 9.46. The number of aromatic nitrogens is 2. The summed E-state index contributed by atoms with van der Waals surface area (Å²) >= 11 is 0. The fourth-order valence-electron chi connectivity index (χ4n) is 3.09. The number of nitrogens with zero attached hydrogens (tertiary/aromatic N) is 2. The molecule has 3 aromatic rings. The maximum absolute atomic E-state index is 12.6. The molecule has 1 N–H and O–H groups in total. The molecule has 0 aliphatic rings. The number of amides is 1. The highest BCUT2D eigenvalue weighted by atomic mass is 16.5. The molecule has 2 aromatic carbocycles. The molecule has 0 radical (unpaired) electrons. The zero-order chi connectivity index (χ0) is 19.9. The smallest absolute Gasteiger partial charge is 0.308 e. The summed E-state index contributed by atoms with van der Waals surface area (Å²) in [6.45, 7) is 4.14. The number of rotatable bonds is 8. The van der Waals surface area contributed by atoms with Gasteiger partial charge in [-0.2, -0.15) is 0 Å². The van der Waals surface area contributed by atoms with Crippen molar-refractivity contribution in [3.8, 4) is 0 Å². The quantitative estimate of drug-likeness (QED) is 0.607. The molecule has 0 saturated heterocycles. The number of esters is 1. The number of ether oxygens (including phenoxy) is 1. The van der Waals surface area contributed by atoms with Crippen molar-refractivity contribution in [3.05, 3.63) is 66.5 Å². The van der Waals surface area contributed by atoms with Crippen LogP contribution >= 0.6 is 0 Å². The van der Waals surface area contributed by atoms with Crippen molar-refractivity contribution in [1.82, 2.24) is 14.9 Å². The number of fused-ring (bicyclic) bond motifs is 1. The standard InChI is InChI=1S/C22H25N3O3/c1-16(2)28-22(27)14-19(17-8-4-3-5-9-17)24-21(26)12-13-25-15-23-18-10-6-7-11-20(18)25/h3-11,15-16,19H,12-14H2,1-2H3,(H,24,26). The molecule has 0 fully saturated rings. The van der Waals surface area contributed by atoms with Gasteiger partial charge in [-0.15, -0.1) is 0 Å². The Morgan fingerprint density at radius 3 is 2.54 bits per heavy atom. The number of imidazole rings is 1. The van der Waals surface area contributed by atoms with Gasteiger partial charge in [-0.3, -0.25) is 9.59 Å². The Labute approximate surface area is 164 Å². The number of carbonyl (C=O) groups excluding carboxylic acids is 2. The third-order valence-corrected chi connectivity index (χ3v) is 4.38. The van der Waals surface area contributed by atoms with Crippen molar-refractivity contribution >= 4 is 22.9 Å². The minimum Gasteiger partial charge on any atom is -0.463 e. The highest BCUT2D eigenvalue weighted by Gasteiger charge is 2.20. The molecule has 28 heavy (non-hydrogen) atoms. The third-order valence-electron chi connectivity index (χ3n) is 4.38. The van der Waals surface area contributed by atoms with Crippen LogP contribution in [-0.4, -0.2) is 27.5 Å². The minimum absolute atomic E-state index is 0.0991. The SMILES string of the molecule is CC(C)OC(=O)CC(NC(=O)CCn1cnc2ccccc21)c1ccccc1. The number of aryl methyl sites for hydroxylation is 1. The number of para-hydroxylation sites is 2. The normalized spacial score (nSPS) is 12.1. The summed E-state index contributed by atoms with van der Waals surface area (Å²) in [6, 6.07) is 16.9. The zero-order valence-corrected chi connectivity index (χ0v) is 16.2. The van der Waals surface area contributed by atoms with Crippen LogP contribution < -0.4 is 5.32 Å². The Morgan fingerprint density at radius 2 is 1.79 bits per heavy atom. The van der Waals surface area contributed by atoms with Crippen LogP contribution in [0.4, 0.5) is 0 Å². The average molecular weight is 379 g/mol. The van der Waals surface area contributed by atoms with Crippen LogP contribution in [0.1, 0.15) is 38.3 Å². The van der Waals surface area contributed by atoms with Crippen LogP contribution in [-0.2, 0) is 20.9 Å². The van der Waals surface area contributed by atoms with Gasteiger partial charge < -0.3 is 14.6 Å². The van der Waals surface area contributed by atoms with Gasteiger partial charge in [0.1, 0.15) is 0 Å². The molecular weight excluding hydrogens is 354 g/mol. The molecule has 1 unspecified atom stereocenters. The largest absolute Gasteiger partial charge is 0.463 e. The highest BCUT2D eigenvalue weighted by Crippen LogP contribution is 2.18. The summed E-state index contributed by atoms with van der Waals surface area (Å²) < 4.78 is 7.21. The molecule has 3 rings (SSSR count). The molecule has 6 heteroatoms. The van der Waals surface area contributed by atoms with Gasteiger partial charge in [-0.05, 0) is 31.5 Å². The molecule has 1 amide bonds. The topological polar surface area (TPSA) is 73.2 Å². The van der Waals surface area contributed by atoms with E-state index < -0.39 is 6.04 Å². The number of hydrogen-bond acceptors (Lipinski definition) is 4. The summed E-state index contributed by atoms with van der Waals surface area (Å²) in [7, 11) is 0. The van der Waals surface area contributed by atoms with Crippen molar-refractivity contribution in [3.63, 3.8) is 0 Å². The van der Waals surface area contributed by atoms with E-state index in [0.29, 0.717) is 13.0 Å². The van der Waals surface area contributed by atoms with Crippen molar-refractivity contribution in [2.75, 3.05) is 0 Å². The van der Waals surface area contributed by atoms with Crippen LogP contribution in [0.2, 0.25) is 0 Å². The van der Waals surface area contributed by atoms with Gasteiger partial charge in [0.25, 0.3) is 0 Å². The monoisotopic (exact) mass is 379 g/mol. The molecule has 0 aliphatic carbocycles. The Bertz CT molecular complexity index is 934. The molecule has 146 valence electrons. The van der Waals surface area contributed by atoms with E-state index in [1.165, 1.54) is 0 Å². The minimum atomic E-state index is -0.417. The molecule has 1 aromatic heterocycles. The molecule has 0 saturated carbocycles. The molecule has 0 bridgehead atoms. The lowest BCUT2D eigenvalue weighted by Crippen LogP contribution is -2.31. The van der Waals surface area contributed by atoms with E-state index in [2.05, 4.69) is 10.3 Å². The van der Waals surface area contributed by atoms with E-state index >= 15 is 0 Å². The van der Waals surface area contributed by atoms with Gasteiger partial charge in [0.15, 0.2) is 0 Å². The number of carbonyl (C=O) groups is 2. The van der Waals surface area contributed by atoms with Gasteiger partial charge in [0.05, 0.1) is 35.9 Å². The maximum atomic E-state index is 12.6. The lowest BCUT2D eigenvalue weighted by Gasteiger charge is -2.19. The first-order chi connectivity index (χ1) is 13.5. The predicted molar refractivity (Wildman–Crippen MR) is 108 cm³/mol. The van der Waals surface area contributed by atoms with Gasteiger partial charge in [0, 0.05) is 13.0 Å². The summed E-state index contributed by atoms with van der Waals surface area (Å²) in [5.74, 6) is -0.450. The van der Waals surface area contributed by atoms with Crippen molar-refractivity contribution < 1.29 is 14.3 Å². The second-order valence-corrected chi connectivity index (χ2v) is 6.95. The van der Waals surface area contributed by atoms with E-state index in [1.54, 1.807) is 6.33 Å². The van der Waals surface area contributed by atoms with E-state index in [4.69, 9.17) is 4.74 Å². The van der Waals surface area contributed by atoms with Crippen LogP contribution in [0.5, 0.6) is 0 Å². The number of hydrogen-bond donors (Lipinski definition) is 1.